The van der Waals surface area contributed by atoms with Crippen molar-refractivity contribution in [2.45, 2.75) is 13.1 Å². The predicted octanol–water partition coefficient (Wildman–Crippen LogP) is 3.07. The highest BCUT2D eigenvalue weighted by atomic mass is 19.1. The summed E-state index contributed by atoms with van der Waals surface area (Å²) in [6.07, 6.45) is 6.08. The second kappa shape index (κ2) is 10.2. The number of nitrogens with zero attached hydrogens (tertiary/aromatic N) is 5. The van der Waals surface area contributed by atoms with Gasteiger partial charge in [0.2, 0.25) is 0 Å². The number of rotatable bonds is 8. The number of aryl methyl sites for hydroxylation is 1. The molecule has 2 aromatic carbocycles. The molecule has 0 saturated heterocycles. The zero-order valence-electron chi connectivity index (χ0n) is 19.5. The summed E-state index contributed by atoms with van der Waals surface area (Å²) >= 11 is 0. The van der Waals surface area contributed by atoms with Gasteiger partial charge >= 0.3 is 16.9 Å². The molecule has 0 aliphatic rings. The molecule has 2 aromatic heterocycles. The molecule has 10 nitrogen and oxygen atoms in total. The molecular weight excluding hydrogens is 469 g/mol. The van der Waals surface area contributed by atoms with Crippen LogP contribution in [0.4, 0.5) is 10.1 Å². The minimum absolute atomic E-state index is 0.0562. The second-order valence-corrected chi connectivity index (χ2v) is 7.97. The van der Waals surface area contributed by atoms with Crippen molar-refractivity contribution >= 4 is 17.8 Å². The topological polar surface area (TPSA) is 114 Å². The number of aromatic nitrogens is 4. The van der Waals surface area contributed by atoms with E-state index in [1.54, 1.807) is 48.3 Å². The first kappa shape index (κ1) is 24.3. The molecule has 0 aliphatic heterocycles. The van der Waals surface area contributed by atoms with Gasteiger partial charge in [-0.3, -0.25) is 24.2 Å². The molecular formula is C25H22FN5O5. The number of benzene rings is 2. The monoisotopic (exact) mass is 491 g/mol. The number of hydrogen-bond acceptors (Lipinski definition) is 6. The smallest absolute Gasteiger partial charge is 0.357 e. The molecule has 184 valence electrons. The molecule has 4 aromatic rings. The Balaban J connectivity index is 1.93. The molecule has 0 bridgehead atoms. The molecule has 0 saturated carbocycles. The number of halogens is 1. The third-order valence-corrected chi connectivity index (χ3v) is 5.57. The fourth-order valence-corrected chi connectivity index (χ4v) is 3.75. The van der Waals surface area contributed by atoms with E-state index in [4.69, 9.17) is 4.74 Å². The van der Waals surface area contributed by atoms with Gasteiger partial charge in [-0.15, -0.1) is 0 Å². The van der Waals surface area contributed by atoms with Crippen molar-refractivity contribution in [1.29, 1.82) is 0 Å². The van der Waals surface area contributed by atoms with Crippen LogP contribution in [0.5, 0.6) is 5.75 Å². The van der Waals surface area contributed by atoms with Crippen molar-refractivity contribution in [3.63, 3.8) is 0 Å². The maximum absolute atomic E-state index is 14.3. The lowest BCUT2D eigenvalue weighted by molar-refractivity contribution is -0.387. The van der Waals surface area contributed by atoms with E-state index in [0.717, 1.165) is 4.57 Å². The third kappa shape index (κ3) is 4.99. The van der Waals surface area contributed by atoms with Crippen molar-refractivity contribution in [3.05, 3.63) is 120 Å². The van der Waals surface area contributed by atoms with E-state index in [9.17, 15) is 24.1 Å². The number of hydrogen-bond donors (Lipinski definition) is 0. The summed E-state index contributed by atoms with van der Waals surface area (Å²) < 4.78 is 22.8. The molecule has 0 amide bonds. The minimum atomic E-state index is -1.12. The highest BCUT2D eigenvalue weighted by molar-refractivity contribution is 5.71. The van der Waals surface area contributed by atoms with Gasteiger partial charge in [0, 0.05) is 24.4 Å². The molecule has 0 atom stereocenters. The van der Waals surface area contributed by atoms with Gasteiger partial charge < -0.3 is 4.74 Å². The molecule has 0 unspecified atom stereocenters. The van der Waals surface area contributed by atoms with Crippen LogP contribution >= 0.6 is 0 Å². The van der Waals surface area contributed by atoms with Gasteiger partial charge in [-0.05, 0) is 35.9 Å². The maximum Gasteiger partial charge on any atom is 0.357 e. The highest BCUT2D eigenvalue weighted by Gasteiger charge is 2.27. The van der Waals surface area contributed by atoms with Crippen LogP contribution in [0.25, 0.3) is 12.2 Å². The maximum atomic E-state index is 14.3. The van der Waals surface area contributed by atoms with Crippen molar-refractivity contribution in [2.75, 3.05) is 7.11 Å². The zero-order chi connectivity index (χ0) is 25.8. The van der Waals surface area contributed by atoms with Gasteiger partial charge in [0.1, 0.15) is 17.3 Å². The number of ether oxygens (including phenoxy) is 1. The minimum Gasteiger partial charge on any atom is -0.497 e. The van der Waals surface area contributed by atoms with E-state index in [0.29, 0.717) is 21.4 Å². The number of nitro groups is 1. The Hall–Kier alpha value is -4.80. The van der Waals surface area contributed by atoms with Gasteiger partial charge in [-0.1, -0.05) is 30.3 Å². The molecule has 11 heteroatoms. The van der Waals surface area contributed by atoms with Crippen LogP contribution in [0.15, 0.2) is 70.5 Å². The van der Waals surface area contributed by atoms with Gasteiger partial charge in [-0.2, -0.15) is 5.10 Å². The summed E-state index contributed by atoms with van der Waals surface area (Å²) in [6, 6.07) is 12.4. The summed E-state index contributed by atoms with van der Waals surface area (Å²) in [7, 11) is 3.23. The zero-order valence-corrected chi connectivity index (χ0v) is 19.5. The molecule has 2 heterocycles. The van der Waals surface area contributed by atoms with E-state index in [1.807, 2.05) is 0 Å². The first-order chi connectivity index (χ1) is 17.3. The SMILES string of the molecule is COc1ccc(Cn2c(/C=C/c3cnn(C)c3)c([N+](=O)[O-])c(=O)n(Cc3ccccc3F)c2=O)cc1. The Kier molecular flexibility index (Phi) is 6.91. The van der Waals surface area contributed by atoms with Crippen LogP contribution in [0.3, 0.4) is 0 Å². The fraction of sp³-hybridized carbons (Fsp3) is 0.160. The molecule has 36 heavy (non-hydrogen) atoms. The summed E-state index contributed by atoms with van der Waals surface area (Å²) in [4.78, 5) is 38.0. The van der Waals surface area contributed by atoms with Crippen LogP contribution in [-0.2, 0) is 20.1 Å². The van der Waals surface area contributed by atoms with Crippen LogP contribution in [0, 0.1) is 15.9 Å². The highest BCUT2D eigenvalue weighted by Crippen LogP contribution is 2.19. The van der Waals surface area contributed by atoms with Gasteiger partial charge in [-0.25, -0.2) is 13.8 Å². The van der Waals surface area contributed by atoms with E-state index >= 15 is 0 Å². The van der Waals surface area contributed by atoms with Gasteiger partial charge in [0.15, 0.2) is 0 Å². The van der Waals surface area contributed by atoms with E-state index in [1.165, 1.54) is 43.7 Å². The molecule has 0 N–H and O–H groups in total. The molecule has 0 spiro atoms. The van der Waals surface area contributed by atoms with Crippen LogP contribution in [0.2, 0.25) is 0 Å². The largest absolute Gasteiger partial charge is 0.497 e. The summed E-state index contributed by atoms with van der Waals surface area (Å²) in [5, 5.41) is 16.1. The van der Waals surface area contributed by atoms with Crippen molar-refractivity contribution in [1.82, 2.24) is 18.9 Å². The molecule has 0 aliphatic carbocycles. The Labute approximate surface area is 204 Å². The standard InChI is InChI=1S/C25H22FN5O5/c1-28-14-18(13-27-28)9-12-22-23(31(34)35)24(32)30(16-19-5-3-4-6-21(19)26)25(33)29(22)15-17-7-10-20(36-2)11-8-17/h3-14H,15-16H2,1-2H3/b12-9+. The van der Waals surface area contributed by atoms with Crippen LogP contribution in [0.1, 0.15) is 22.4 Å². The Morgan fingerprint density at radius 3 is 2.39 bits per heavy atom. The van der Waals surface area contributed by atoms with Gasteiger partial charge in [0.05, 0.1) is 31.3 Å². The van der Waals surface area contributed by atoms with Gasteiger partial charge in [0.25, 0.3) is 0 Å². The lowest BCUT2D eigenvalue weighted by atomic mass is 10.2. The predicted molar refractivity (Wildman–Crippen MR) is 131 cm³/mol. The average molecular weight is 491 g/mol. The number of methoxy groups -OCH3 is 1. The molecule has 4 rings (SSSR count). The Bertz CT molecular complexity index is 1570. The Morgan fingerprint density at radius 2 is 1.78 bits per heavy atom. The van der Waals surface area contributed by atoms with Crippen molar-refractivity contribution in [3.8, 4) is 5.75 Å². The fourth-order valence-electron chi connectivity index (χ4n) is 3.75. The van der Waals surface area contributed by atoms with E-state index < -0.39 is 34.2 Å². The quantitative estimate of drug-likeness (QED) is 0.276. The lowest BCUT2D eigenvalue weighted by Gasteiger charge is -2.15. The summed E-state index contributed by atoms with van der Waals surface area (Å²) in [6.45, 7) is -0.533. The first-order valence-electron chi connectivity index (χ1n) is 10.8. The van der Waals surface area contributed by atoms with Crippen LogP contribution < -0.4 is 16.0 Å². The van der Waals surface area contributed by atoms with Crippen LogP contribution in [-0.4, -0.2) is 30.9 Å². The lowest BCUT2D eigenvalue weighted by Crippen LogP contribution is -2.42. The molecule has 0 fully saturated rings. The second-order valence-electron chi connectivity index (χ2n) is 7.97. The van der Waals surface area contributed by atoms with E-state index in [2.05, 4.69) is 5.10 Å². The molecule has 0 radical (unpaired) electrons. The summed E-state index contributed by atoms with van der Waals surface area (Å²) in [5.41, 5.74) is -1.59. The van der Waals surface area contributed by atoms with Crippen molar-refractivity contribution in [2.24, 2.45) is 7.05 Å². The average Bonchev–Trinajstić information content (AvgIpc) is 3.28. The van der Waals surface area contributed by atoms with Crippen molar-refractivity contribution < 1.29 is 14.1 Å². The van der Waals surface area contributed by atoms with E-state index in [-0.39, 0.29) is 17.8 Å². The summed E-state index contributed by atoms with van der Waals surface area (Å²) in [5.74, 6) is -0.0352. The third-order valence-electron chi connectivity index (χ3n) is 5.57. The Morgan fingerprint density at radius 1 is 1.06 bits per heavy atom. The first-order valence-corrected chi connectivity index (χ1v) is 10.8. The normalized spacial score (nSPS) is 11.2.